The first-order valence-electron chi connectivity index (χ1n) is 8.17. The van der Waals surface area contributed by atoms with E-state index < -0.39 is 6.04 Å². The Kier molecular flexibility index (Phi) is 4.88. The van der Waals surface area contributed by atoms with Crippen LogP contribution in [-0.4, -0.2) is 25.7 Å². The standard InChI is InChI=1S/C19H21N5O/c1-13-7-14(2)9-17(8-13)18(16-5-4-6-20-10-16)23-19(25)15(3)24-12-21-11-22-24/h4-12,15,18H,1-3H3,(H,23,25)/t15-,18+/m1/s1. The minimum absolute atomic E-state index is 0.126. The van der Waals surface area contributed by atoms with Gasteiger partial charge in [-0.3, -0.25) is 9.78 Å². The van der Waals surface area contributed by atoms with Crippen LogP contribution in [-0.2, 0) is 4.79 Å². The predicted octanol–water partition coefficient (Wildman–Crippen LogP) is 2.76. The number of aryl methyl sites for hydroxylation is 2. The summed E-state index contributed by atoms with van der Waals surface area (Å²) in [4.78, 5) is 20.9. The van der Waals surface area contributed by atoms with E-state index in [1.165, 1.54) is 11.0 Å². The van der Waals surface area contributed by atoms with Crippen LogP contribution in [0.1, 0.15) is 41.3 Å². The lowest BCUT2D eigenvalue weighted by Crippen LogP contribution is -2.35. The fraction of sp³-hybridized carbons (Fsp3) is 0.263. The molecule has 0 spiro atoms. The van der Waals surface area contributed by atoms with E-state index in [2.05, 4.69) is 52.4 Å². The van der Waals surface area contributed by atoms with Gasteiger partial charge in [0.1, 0.15) is 18.7 Å². The minimum atomic E-state index is -0.451. The first kappa shape index (κ1) is 16.8. The van der Waals surface area contributed by atoms with Crippen molar-refractivity contribution in [2.45, 2.75) is 32.9 Å². The summed E-state index contributed by atoms with van der Waals surface area (Å²) in [5.74, 6) is -0.126. The first-order valence-corrected chi connectivity index (χ1v) is 8.17. The molecule has 128 valence electrons. The number of amides is 1. The number of hydrogen-bond donors (Lipinski definition) is 1. The SMILES string of the molecule is Cc1cc(C)cc([C@@H](NC(=O)[C@@H](C)n2cncn2)c2cccnc2)c1. The highest BCUT2D eigenvalue weighted by molar-refractivity contribution is 5.80. The number of benzene rings is 1. The third kappa shape index (κ3) is 3.91. The van der Waals surface area contributed by atoms with Crippen LogP contribution in [0.2, 0.25) is 0 Å². The van der Waals surface area contributed by atoms with Gasteiger partial charge in [0, 0.05) is 12.4 Å². The lowest BCUT2D eigenvalue weighted by molar-refractivity contribution is -0.124. The van der Waals surface area contributed by atoms with Crippen molar-refractivity contribution < 1.29 is 4.79 Å². The van der Waals surface area contributed by atoms with Crippen LogP contribution in [0.4, 0.5) is 0 Å². The zero-order valence-corrected chi connectivity index (χ0v) is 14.5. The molecule has 0 aliphatic rings. The number of pyridine rings is 1. The van der Waals surface area contributed by atoms with Crippen molar-refractivity contribution in [2.75, 3.05) is 0 Å². The average Bonchev–Trinajstić information content (AvgIpc) is 3.13. The second kappa shape index (κ2) is 7.25. The summed E-state index contributed by atoms with van der Waals surface area (Å²) in [6, 6.07) is 9.41. The van der Waals surface area contributed by atoms with E-state index >= 15 is 0 Å². The molecule has 3 rings (SSSR count). The molecule has 0 unspecified atom stereocenters. The number of nitrogens with one attached hydrogen (secondary N) is 1. The largest absolute Gasteiger partial charge is 0.343 e. The Morgan fingerprint density at radius 2 is 1.88 bits per heavy atom. The van der Waals surface area contributed by atoms with Crippen molar-refractivity contribution in [3.05, 3.63) is 77.6 Å². The van der Waals surface area contributed by atoms with Crippen molar-refractivity contribution in [2.24, 2.45) is 0 Å². The van der Waals surface area contributed by atoms with Crippen LogP contribution in [0.3, 0.4) is 0 Å². The third-order valence-electron chi connectivity index (χ3n) is 4.09. The molecule has 0 aliphatic heterocycles. The minimum Gasteiger partial charge on any atom is -0.343 e. The van der Waals surface area contributed by atoms with Crippen LogP contribution in [0.25, 0.3) is 0 Å². The van der Waals surface area contributed by atoms with Crippen LogP contribution in [0.5, 0.6) is 0 Å². The Bertz CT molecular complexity index is 825. The van der Waals surface area contributed by atoms with E-state index in [0.717, 1.165) is 22.3 Å². The number of nitrogens with zero attached hydrogens (tertiary/aromatic N) is 4. The summed E-state index contributed by atoms with van der Waals surface area (Å²) in [5.41, 5.74) is 4.28. The first-order chi connectivity index (χ1) is 12.0. The molecule has 2 aromatic heterocycles. The summed E-state index contributed by atoms with van der Waals surface area (Å²) >= 11 is 0. The topological polar surface area (TPSA) is 72.7 Å². The van der Waals surface area contributed by atoms with Crippen LogP contribution >= 0.6 is 0 Å². The second-order valence-electron chi connectivity index (χ2n) is 6.20. The summed E-state index contributed by atoms with van der Waals surface area (Å²) < 4.78 is 1.54. The van der Waals surface area contributed by atoms with E-state index in [4.69, 9.17) is 0 Å². The number of carbonyl (C=O) groups excluding carboxylic acids is 1. The van der Waals surface area contributed by atoms with Crippen molar-refractivity contribution in [3.8, 4) is 0 Å². The summed E-state index contributed by atoms with van der Waals surface area (Å²) in [6.07, 6.45) is 6.47. The van der Waals surface area contributed by atoms with Crippen LogP contribution < -0.4 is 5.32 Å². The smallest absolute Gasteiger partial charge is 0.245 e. The molecule has 0 bridgehead atoms. The van der Waals surface area contributed by atoms with Crippen LogP contribution in [0, 0.1) is 13.8 Å². The second-order valence-corrected chi connectivity index (χ2v) is 6.20. The van der Waals surface area contributed by atoms with Gasteiger partial charge in [-0.1, -0.05) is 35.4 Å². The molecular formula is C19H21N5O. The van der Waals surface area contributed by atoms with E-state index in [-0.39, 0.29) is 11.9 Å². The van der Waals surface area contributed by atoms with E-state index in [1.54, 1.807) is 25.6 Å². The zero-order chi connectivity index (χ0) is 17.8. The van der Waals surface area contributed by atoms with Gasteiger partial charge in [-0.05, 0) is 38.0 Å². The predicted molar refractivity (Wildman–Crippen MR) is 94.9 cm³/mol. The van der Waals surface area contributed by atoms with Gasteiger partial charge in [0.2, 0.25) is 5.91 Å². The molecule has 0 saturated heterocycles. The average molecular weight is 335 g/mol. The Hall–Kier alpha value is -3.02. The zero-order valence-electron chi connectivity index (χ0n) is 14.5. The lowest BCUT2D eigenvalue weighted by atomic mass is 9.96. The summed E-state index contributed by atoms with van der Waals surface area (Å²) in [7, 11) is 0. The van der Waals surface area contributed by atoms with Gasteiger partial charge in [-0.2, -0.15) is 5.10 Å². The fourth-order valence-corrected chi connectivity index (χ4v) is 2.88. The maximum absolute atomic E-state index is 12.7. The maximum atomic E-state index is 12.7. The van der Waals surface area contributed by atoms with Gasteiger partial charge < -0.3 is 5.32 Å². The molecule has 2 atom stereocenters. The van der Waals surface area contributed by atoms with Gasteiger partial charge in [0.25, 0.3) is 0 Å². The molecular weight excluding hydrogens is 314 g/mol. The quantitative estimate of drug-likeness (QED) is 0.778. The number of aromatic nitrogens is 4. The lowest BCUT2D eigenvalue weighted by Gasteiger charge is -2.22. The molecule has 0 aliphatic carbocycles. The molecule has 1 amide bonds. The highest BCUT2D eigenvalue weighted by Crippen LogP contribution is 2.24. The van der Waals surface area contributed by atoms with Crippen molar-refractivity contribution >= 4 is 5.91 Å². The number of carbonyl (C=O) groups is 1. The summed E-state index contributed by atoms with van der Waals surface area (Å²) in [5, 5.41) is 7.18. The highest BCUT2D eigenvalue weighted by Gasteiger charge is 2.22. The van der Waals surface area contributed by atoms with Gasteiger partial charge >= 0.3 is 0 Å². The number of rotatable bonds is 5. The highest BCUT2D eigenvalue weighted by atomic mass is 16.2. The van der Waals surface area contributed by atoms with E-state index in [9.17, 15) is 4.79 Å². The molecule has 3 aromatic rings. The normalized spacial score (nSPS) is 13.2. The Labute approximate surface area is 146 Å². The van der Waals surface area contributed by atoms with Gasteiger partial charge in [-0.15, -0.1) is 0 Å². The number of hydrogen-bond acceptors (Lipinski definition) is 4. The molecule has 25 heavy (non-hydrogen) atoms. The Morgan fingerprint density at radius 1 is 1.12 bits per heavy atom. The van der Waals surface area contributed by atoms with Gasteiger partial charge in [0.05, 0.1) is 6.04 Å². The monoisotopic (exact) mass is 335 g/mol. The Balaban J connectivity index is 1.93. The molecule has 0 radical (unpaired) electrons. The van der Waals surface area contributed by atoms with Gasteiger partial charge in [-0.25, -0.2) is 9.67 Å². The molecule has 6 heteroatoms. The summed E-state index contributed by atoms with van der Waals surface area (Å²) in [6.45, 7) is 5.90. The maximum Gasteiger partial charge on any atom is 0.245 e. The fourth-order valence-electron chi connectivity index (χ4n) is 2.88. The van der Waals surface area contributed by atoms with Crippen molar-refractivity contribution in [3.63, 3.8) is 0 Å². The third-order valence-corrected chi connectivity index (χ3v) is 4.09. The molecule has 0 saturated carbocycles. The van der Waals surface area contributed by atoms with E-state index in [0.29, 0.717) is 0 Å². The van der Waals surface area contributed by atoms with E-state index in [1.807, 2.05) is 12.1 Å². The molecule has 1 aromatic carbocycles. The van der Waals surface area contributed by atoms with Crippen LogP contribution in [0.15, 0.2) is 55.4 Å². The van der Waals surface area contributed by atoms with Crippen molar-refractivity contribution in [1.29, 1.82) is 0 Å². The molecule has 0 fully saturated rings. The van der Waals surface area contributed by atoms with Crippen molar-refractivity contribution in [1.82, 2.24) is 25.1 Å². The van der Waals surface area contributed by atoms with Gasteiger partial charge in [0.15, 0.2) is 0 Å². The molecule has 1 N–H and O–H groups in total. The molecule has 2 heterocycles. The molecule has 6 nitrogen and oxygen atoms in total. The Morgan fingerprint density at radius 3 is 2.48 bits per heavy atom.